The molecule has 0 spiro atoms. The number of carbonyl (C=O) groups is 1. The van der Waals surface area contributed by atoms with E-state index in [-0.39, 0.29) is 24.8 Å². The minimum Gasteiger partial charge on any atom is -0.497 e. The van der Waals surface area contributed by atoms with Crippen molar-refractivity contribution in [3.63, 3.8) is 0 Å². The first-order valence-electron chi connectivity index (χ1n) is 11.5. The van der Waals surface area contributed by atoms with Crippen molar-refractivity contribution >= 4 is 22.9 Å². The van der Waals surface area contributed by atoms with E-state index in [4.69, 9.17) is 14.2 Å². The van der Waals surface area contributed by atoms with Crippen molar-refractivity contribution < 1.29 is 19.0 Å². The van der Waals surface area contributed by atoms with Crippen LogP contribution >= 0.6 is 11.3 Å². The van der Waals surface area contributed by atoms with E-state index < -0.39 is 0 Å². The number of hydrogen-bond acceptors (Lipinski definition) is 7. The Kier molecular flexibility index (Phi) is 6.60. The molecular weight excluding hydrogens is 450 g/mol. The SMILES string of the molecule is COc1ccc(N2CCN([C@H](c3cccs3)[C@@H](C)NC(=O)c3ccc4c(c3)OCO4)CC2)cc1. The molecule has 0 aliphatic carbocycles. The largest absolute Gasteiger partial charge is 0.497 e. The first-order chi connectivity index (χ1) is 16.6. The van der Waals surface area contributed by atoms with Gasteiger partial charge in [0, 0.05) is 48.3 Å². The van der Waals surface area contributed by atoms with Crippen LogP contribution in [0.2, 0.25) is 0 Å². The Bertz CT molecular complexity index is 1110. The maximum absolute atomic E-state index is 13.1. The molecule has 3 heterocycles. The van der Waals surface area contributed by atoms with Gasteiger partial charge in [0.1, 0.15) is 5.75 Å². The molecule has 2 aliphatic heterocycles. The number of fused-ring (bicyclic) bond motifs is 1. The van der Waals surface area contributed by atoms with Crippen LogP contribution in [0.25, 0.3) is 0 Å². The molecule has 2 atom stereocenters. The molecule has 3 aromatic rings. The van der Waals surface area contributed by atoms with E-state index in [1.165, 1.54) is 10.6 Å². The van der Waals surface area contributed by atoms with Gasteiger partial charge in [0.15, 0.2) is 11.5 Å². The van der Waals surface area contributed by atoms with Gasteiger partial charge in [-0.1, -0.05) is 6.07 Å². The van der Waals surface area contributed by atoms with Crippen LogP contribution in [0.4, 0.5) is 5.69 Å². The number of carbonyl (C=O) groups excluding carboxylic acids is 1. The standard InChI is InChI=1S/C26H29N3O4S/c1-18(27-26(30)19-5-10-22-23(16-19)33-17-32-22)25(24-4-3-15-34-24)29-13-11-28(12-14-29)20-6-8-21(31-2)9-7-20/h3-10,15-16,18,25H,11-14,17H2,1-2H3,(H,27,30)/t18-,25+/m1/s1. The van der Waals surface area contributed by atoms with Gasteiger partial charge in [-0.2, -0.15) is 0 Å². The second-order valence-electron chi connectivity index (χ2n) is 8.51. The number of anilines is 1. The normalized spacial score (nSPS) is 17.3. The van der Waals surface area contributed by atoms with Crippen LogP contribution in [-0.4, -0.2) is 56.9 Å². The molecule has 1 saturated heterocycles. The molecule has 5 rings (SSSR count). The quantitative estimate of drug-likeness (QED) is 0.549. The predicted molar refractivity (Wildman–Crippen MR) is 133 cm³/mol. The lowest BCUT2D eigenvalue weighted by molar-refractivity contribution is 0.0890. The minimum absolute atomic E-state index is 0.0656. The van der Waals surface area contributed by atoms with Gasteiger partial charge in [0.2, 0.25) is 6.79 Å². The average molecular weight is 480 g/mol. The summed E-state index contributed by atoms with van der Waals surface area (Å²) in [6.45, 7) is 5.97. The molecule has 1 N–H and O–H groups in total. The second kappa shape index (κ2) is 9.95. The van der Waals surface area contributed by atoms with Gasteiger partial charge in [0.25, 0.3) is 5.91 Å². The van der Waals surface area contributed by atoms with E-state index in [2.05, 4.69) is 51.7 Å². The van der Waals surface area contributed by atoms with E-state index in [1.54, 1.807) is 36.6 Å². The zero-order chi connectivity index (χ0) is 23.5. The smallest absolute Gasteiger partial charge is 0.251 e. The molecule has 0 bridgehead atoms. The number of piperazine rings is 1. The summed E-state index contributed by atoms with van der Waals surface area (Å²) in [5, 5.41) is 5.33. The Morgan fingerprint density at radius 3 is 2.50 bits per heavy atom. The molecule has 2 aliphatic rings. The molecule has 2 aromatic carbocycles. The maximum Gasteiger partial charge on any atom is 0.251 e. The molecule has 1 amide bonds. The average Bonchev–Trinajstić information content (AvgIpc) is 3.56. The molecule has 0 radical (unpaired) electrons. The van der Waals surface area contributed by atoms with Crippen LogP contribution in [0.3, 0.4) is 0 Å². The number of thiophene rings is 1. The lowest BCUT2D eigenvalue weighted by Gasteiger charge is -2.42. The van der Waals surface area contributed by atoms with Crippen molar-refractivity contribution in [1.82, 2.24) is 10.2 Å². The Balaban J connectivity index is 1.27. The molecule has 178 valence electrons. The van der Waals surface area contributed by atoms with E-state index in [1.807, 2.05) is 12.1 Å². The molecule has 0 unspecified atom stereocenters. The third-order valence-corrected chi connectivity index (χ3v) is 7.39. The molecule has 1 aromatic heterocycles. The first kappa shape index (κ1) is 22.6. The van der Waals surface area contributed by atoms with Gasteiger partial charge in [0.05, 0.1) is 13.2 Å². The zero-order valence-corrected chi connectivity index (χ0v) is 20.2. The van der Waals surface area contributed by atoms with Gasteiger partial charge in [-0.3, -0.25) is 9.69 Å². The van der Waals surface area contributed by atoms with Gasteiger partial charge in [-0.25, -0.2) is 0 Å². The van der Waals surface area contributed by atoms with Crippen molar-refractivity contribution in [2.45, 2.75) is 19.0 Å². The number of benzene rings is 2. The third-order valence-electron chi connectivity index (χ3n) is 6.45. The maximum atomic E-state index is 13.1. The van der Waals surface area contributed by atoms with Gasteiger partial charge in [-0.05, 0) is 60.8 Å². The first-order valence-corrected chi connectivity index (χ1v) is 12.4. The fourth-order valence-corrected chi connectivity index (χ4v) is 5.62. The Morgan fingerprint density at radius 2 is 1.79 bits per heavy atom. The monoisotopic (exact) mass is 479 g/mol. The number of nitrogens with one attached hydrogen (secondary N) is 1. The molecule has 1 fully saturated rings. The van der Waals surface area contributed by atoms with E-state index in [0.717, 1.165) is 31.9 Å². The Labute approximate surface area is 203 Å². The number of nitrogens with zero attached hydrogens (tertiary/aromatic N) is 2. The second-order valence-corrected chi connectivity index (χ2v) is 9.49. The van der Waals surface area contributed by atoms with Crippen LogP contribution in [0.1, 0.15) is 28.2 Å². The summed E-state index contributed by atoms with van der Waals surface area (Å²) in [5.74, 6) is 2.05. The molecule has 34 heavy (non-hydrogen) atoms. The molecule has 8 heteroatoms. The van der Waals surface area contributed by atoms with Crippen LogP contribution < -0.4 is 24.4 Å². The lowest BCUT2D eigenvalue weighted by atomic mass is 10.0. The summed E-state index contributed by atoms with van der Waals surface area (Å²) in [7, 11) is 1.69. The van der Waals surface area contributed by atoms with Gasteiger partial charge >= 0.3 is 0 Å². The van der Waals surface area contributed by atoms with E-state index >= 15 is 0 Å². The number of rotatable bonds is 7. The zero-order valence-electron chi connectivity index (χ0n) is 19.4. The van der Waals surface area contributed by atoms with Crippen molar-refractivity contribution in [1.29, 1.82) is 0 Å². The van der Waals surface area contributed by atoms with E-state index in [0.29, 0.717) is 17.1 Å². The number of ether oxygens (including phenoxy) is 3. The van der Waals surface area contributed by atoms with Crippen molar-refractivity contribution in [3.05, 3.63) is 70.4 Å². The predicted octanol–water partition coefficient (Wildman–Crippen LogP) is 4.17. The number of methoxy groups -OCH3 is 1. The van der Waals surface area contributed by atoms with Crippen LogP contribution in [0.5, 0.6) is 17.2 Å². The summed E-state index contributed by atoms with van der Waals surface area (Å²) in [6, 6.07) is 17.8. The summed E-state index contributed by atoms with van der Waals surface area (Å²) < 4.78 is 16.1. The fraction of sp³-hybridized carbons (Fsp3) is 0.346. The third kappa shape index (κ3) is 4.69. The highest BCUT2D eigenvalue weighted by molar-refractivity contribution is 7.10. The molecule has 0 saturated carbocycles. The molecule has 7 nitrogen and oxygen atoms in total. The highest BCUT2D eigenvalue weighted by Gasteiger charge is 2.31. The fourth-order valence-electron chi connectivity index (χ4n) is 4.66. The van der Waals surface area contributed by atoms with Crippen molar-refractivity contribution in [3.8, 4) is 17.2 Å². The lowest BCUT2D eigenvalue weighted by Crippen LogP contribution is -2.52. The van der Waals surface area contributed by atoms with Crippen molar-refractivity contribution in [2.24, 2.45) is 0 Å². The van der Waals surface area contributed by atoms with Gasteiger partial charge < -0.3 is 24.4 Å². The minimum atomic E-state index is -0.107. The highest BCUT2D eigenvalue weighted by Crippen LogP contribution is 2.33. The highest BCUT2D eigenvalue weighted by atomic mass is 32.1. The summed E-state index contributed by atoms with van der Waals surface area (Å²) in [4.78, 5) is 19.2. The topological polar surface area (TPSA) is 63.3 Å². The van der Waals surface area contributed by atoms with E-state index in [9.17, 15) is 4.79 Å². The van der Waals surface area contributed by atoms with Crippen LogP contribution in [-0.2, 0) is 0 Å². The Hall–Kier alpha value is -3.23. The number of hydrogen-bond donors (Lipinski definition) is 1. The summed E-state index contributed by atoms with van der Waals surface area (Å²) in [5.41, 5.74) is 1.78. The van der Waals surface area contributed by atoms with Gasteiger partial charge in [-0.15, -0.1) is 11.3 Å². The number of amides is 1. The van der Waals surface area contributed by atoms with Crippen LogP contribution in [0, 0.1) is 0 Å². The summed E-state index contributed by atoms with van der Waals surface area (Å²) >= 11 is 1.74. The molecular formula is C26H29N3O4S. The van der Waals surface area contributed by atoms with Crippen LogP contribution in [0.15, 0.2) is 60.0 Å². The van der Waals surface area contributed by atoms with Crippen molar-refractivity contribution in [2.75, 3.05) is 45.0 Å². The Morgan fingerprint density at radius 1 is 1.03 bits per heavy atom. The summed E-state index contributed by atoms with van der Waals surface area (Å²) in [6.07, 6.45) is 0.